The van der Waals surface area contributed by atoms with Crippen LogP contribution in [0, 0.1) is 0 Å². The van der Waals surface area contributed by atoms with Crippen LogP contribution in [-0.2, 0) is 32.7 Å². The van der Waals surface area contributed by atoms with Crippen LogP contribution >= 0.6 is 7.82 Å². The molecule has 65 heavy (non-hydrogen) atoms. The van der Waals surface area contributed by atoms with E-state index >= 15 is 0 Å². The maximum Gasteiger partial charge on any atom is 0.472 e. The van der Waals surface area contributed by atoms with Crippen LogP contribution in [0.1, 0.15) is 245 Å². The average Bonchev–Trinajstić information content (AvgIpc) is 3.29. The van der Waals surface area contributed by atoms with Gasteiger partial charge in [-0.1, -0.05) is 206 Å². The van der Waals surface area contributed by atoms with Crippen molar-refractivity contribution in [2.24, 2.45) is 0 Å². The van der Waals surface area contributed by atoms with E-state index in [1.165, 1.54) is 148 Å². The molecule has 0 aromatic rings. The Balaban J connectivity index is 2.34. The highest BCUT2D eigenvalue weighted by molar-refractivity contribution is 7.47. The van der Waals surface area contributed by atoms with Gasteiger partial charge in [0.15, 0.2) is 6.10 Å². The molecule has 0 bridgehead atoms. The average molecular weight is 949 g/mol. The Kier molecular flexibility index (Phi) is 39.4. The van der Waals surface area contributed by atoms with Crippen molar-refractivity contribution in [3.05, 3.63) is 12.2 Å². The van der Waals surface area contributed by atoms with Gasteiger partial charge in [-0.3, -0.25) is 18.6 Å². The summed E-state index contributed by atoms with van der Waals surface area (Å²) in [7, 11) is -5.12. The molecule has 1 rings (SSSR count). The molecule has 14 heteroatoms. The molecule has 1 aliphatic carbocycles. The minimum atomic E-state index is -5.12. The third-order valence-electron chi connectivity index (χ3n) is 12.6. The quantitative estimate of drug-likeness (QED) is 0.0145. The number of unbranched alkanes of at least 4 members (excludes halogenated alkanes) is 31. The van der Waals surface area contributed by atoms with Gasteiger partial charge in [-0.05, 0) is 38.5 Å². The Bertz CT molecular complexity index is 1190. The highest BCUT2D eigenvalue weighted by atomic mass is 31.2. The summed E-state index contributed by atoms with van der Waals surface area (Å²) < 4.78 is 33.6. The zero-order valence-electron chi connectivity index (χ0n) is 41.1. The Morgan fingerprint density at radius 3 is 1.18 bits per heavy atom. The Morgan fingerprint density at radius 2 is 0.785 bits per heavy atom. The van der Waals surface area contributed by atoms with Crippen LogP contribution in [0.25, 0.3) is 0 Å². The van der Waals surface area contributed by atoms with Gasteiger partial charge in [0, 0.05) is 12.8 Å². The Morgan fingerprint density at radius 1 is 0.462 bits per heavy atom. The molecule has 1 aliphatic rings. The highest BCUT2D eigenvalue weighted by Gasteiger charge is 2.51. The van der Waals surface area contributed by atoms with Crippen molar-refractivity contribution in [1.82, 2.24) is 0 Å². The van der Waals surface area contributed by atoms with Crippen molar-refractivity contribution in [2.45, 2.75) is 288 Å². The van der Waals surface area contributed by atoms with E-state index in [-0.39, 0.29) is 12.8 Å². The van der Waals surface area contributed by atoms with Gasteiger partial charge < -0.3 is 39.9 Å². The topological polar surface area (TPSA) is 210 Å². The molecule has 6 N–H and O–H groups in total. The minimum Gasteiger partial charge on any atom is -0.462 e. The summed E-state index contributed by atoms with van der Waals surface area (Å²) in [6.07, 6.45) is 32.7. The number of carbonyl (C=O) groups is 2. The molecule has 0 amide bonds. The van der Waals surface area contributed by atoms with E-state index in [0.717, 1.165) is 57.8 Å². The van der Waals surface area contributed by atoms with Crippen LogP contribution in [0.3, 0.4) is 0 Å². The lowest BCUT2D eigenvalue weighted by Crippen LogP contribution is -2.64. The molecule has 0 radical (unpaired) electrons. The molecule has 1 fully saturated rings. The normalized spacial score (nSPS) is 21.4. The lowest BCUT2D eigenvalue weighted by molar-refractivity contribution is -0.220. The van der Waals surface area contributed by atoms with Crippen LogP contribution < -0.4 is 0 Å². The number of allylic oxidation sites excluding steroid dienone is 2. The Hall–Kier alpha value is -1.41. The predicted molar refractivity (Wildman–Crippen MR) is 258 cm³/mol. The molecule has 13 nitrogen and oxygen atoms in total. The summed E-state index contributed by atoms with van der Waals surface area (Å²) in [6, 6.07) is 0. The van der Waals surface area contributed by atoms with Gasteiger partial charge in [0.2, 0.25) is 0 Å². The molecule has 1 saturated carbocycles. The lowest BCUT2D eigenvalue weighted by Gasteiger charge is -2.41. The number of phosphoric ester groups is 1. The van der Waals surface area contributed by atoms with Crippen LogP contribution in [0.4, 0.5) is 0 Å². The molecule has 0 aromatic carbocycles. The van der Waals surface area contributed by atoms with E-state index in [2.05, 4.69) is 26.0 Å². The number of hydrogen-bond acceptors (Lipinski definition) is 12. The van der Waals surface area contributed by atoms with Crippen molar-refractivity contribution in [3.8, 4) is 0 Å². The zero-order valence-corrected chi connectivity index (χ0v) is 41.9. The number of rotatable bonds is 45. The van der Waals surface area contributed by atoms with Crippen LogP contribution in [0.5, 0.6) is 0 Å². The fourth-order valence-electron chi connectivity index (χ4n) is 8.34. The van der Waals surface area contributed by atoms with Crippen molar-refractivity contribution in [1.29, 1.82) is 0 Å². The summed E-state index contributed by atoms with van der Waals surface area (Å²) in [5.41, 5.74) is 0. The number of aliphatic hydroxyl groups is 5. The third-order valence-corrected chi connectivity index (χ3v) is 13.6. The van der Waals surface area contributed by atoms with E-state index in [1.807, 2.05) is 0 Å². The van der Waals surface area contributed by atoms with E-state index < -0.39 is 75.7 Å². The van der Waals surface area contributed by atoms with Crippen LogP contribution in [0.15, 0.2) is 12.2 Å². The lowest BCUT2D eigenvalue weighted by atomic mass is 9.85. The highest BCUT2D eigenvalue weighted by Crippen LogP contribution is 2.47. The third kappa shape index (κ3) is 33.7. The van der Waals surface area contributed by atoms with Gasteiger partial charge in [0.05, 0.1) is 6.61 Å². The van der Waals surface area contributed by atoms with E-state index in [4.69, 9.17) is 18.5 Å². The first kappa shape index (κ1) is 61.6. The maximum absolute atomic E-state index is 12.8. The summed E-state index contributed by atoms with van der Waals surface area (Å²) in [4.78, 5) is 35.8. The number of esters is 2. The molecule has 0 saturated heterocycles. The molecule has 384 valence electrons. The molecule has 6 unspecified atom stereocenters. The van der Waals surface area contributed by atoms with E-state index in [9.17, 15) is 44.6 Å². The molecule has 0 heterocycles. The number of ether oxygens (including phenoxy) is 2. The van der Waals surface area contributed by atoms with Gasteiger partial charge in [-0.15, -0.1) is 0 Å². The number of aliphatic hydroxyl groups excluding tert-OH is 5. The molecule has 0 aromatic heterocycles. The second kappa shape index (κ2) is 41.6. The summed E-state index contributed by atoms with van der Waals surface area (Å²) in [6.45, 7) is 3.32. The number of carbonyl (C=O) groups excluding carboxylic acids is 2. The fourth-order valence-corrected chi connectivity index (χ4v) is 9.32. The fraction of sp³-hybridized carbons (Fsp3) is 0.922. The van der Waals surface area contributed by atoms with Crippen molar-refractivity contribution in [3.63, 3.8) is 0 Å². The smallest absolute Gasteiger partial charge is 0.462 e. The van der Waals surface area contributed by atoms with E-state index in [0.29, 0.717) is 12.8 Å². The molecule has 8 atom stereocenters. The standard InChI is InChI=1S/C51H97O13P/c1-3-5-7-9-11-13-15-17-18-19-20-21-22-23-24-25-26-28-30-32-34-36-38-40-45(53)63-43(42-62-65(59,60)64-51-49(57)47(55)46(54)48(56)50(51)58)41-61-44(52)39-37-35-33-31-29-27-16-14-12-10-8-6-4-2/h14,16,43,46-51,54-58H,3-13,15,17-42H2,1-2H3,(H,59,60)/b16-14+/t43-,46?,47-,48?,49?,50?,51?/m1/s1. The van der Waals surface area contributed by atoms with Gasteiger partial charge in [-0.2, -0.15) is 0 Å². The number of hydrogen-bond donors (Lipinski definition) is 6. The minimum absolute atomic E-state index is 0.101. The van der Waals surface area contributed by atoms with Crippen LogP contribution in [-0.4, -0.2) is 98.3 Å². The Labute approximate surface area is 394 Å². The summed E-state index contributed by atoms with van der Waals surface area (Å²) in [5, 5.41) is 50.2. The summed E-state index contributed by atoms with van der Waals surface area (Å²) in [5.74, 6) is -1.10. The summed E-state index contributed by atoms with van der Waals surface area (Å²) >= 11 is 0. The predicted octanol–water partition coefficient (Wildman–Crippen LogP) is 11.4. The largest absolute Gasteiger partial charge is 0.472 e. The maximum atomic E-state index is 12.8. The number of phosphoric acid groups is 1. The SMILES string of the molecule is CCCCCC/C=C/CCCCCCCC(=O)OC[C@H](COP(=O)(O)OC1C(O)C(O)C(O)[C@@H](O)C1O)OC(=O)CCCCCCCCCCCCCCCCCCCCCCCCC. The van der Waals surface area contributed by atoms with Gasteiger partial charge >= 0.3 is 19.8 Å². The van der Waals surface area contributed by atoms with Gasteiger partial charge in [0.25, 0.3) is 0 Å². The van der Waals surface area contributed by atoms with Crippen molar-refractivity contribution in [2.75, 3.05) is 13.2 Å². The molecule has 0 spiro atoms. The van der Waals surface area contributed by atoms with Gasteiger partial charge in [0.1, 0.15) is 43.2 Å². The van der Waals surface area contributed by atoms with Gasteiger partial charge in [-0.25, -0.2) is 4.57 Å². The molecular weight excluding hydrogens is 852 g/mol. The zero-order chi connectivity index (χ0) is 47.8. The molecular formula is C51H97O13P. The molecule has 0 aliphatic heterocycles. The first-order valence-corrected chi connectivity index (χ1v) is 28.0. The van der Waals surface area contributed by atoms with Crippen LogP contribution in [0.2, 0.25) is 0 Å². The second-order valence-electron chi connectivity index (χ2n) is 18.7. The first-order valence-electron chi connectivity index (χ1n) is 26.5. The monoisotopic (exact) mass is 949 g/mol. The second-order valence-corrected chi connectivity index (χ2v) is 20.1. The van der Waals surface area contributed by atoms with E-state index in [1.54, 1.807) is 0 Å². The van der Waals surface area contributed by atoms with Crippen molar-refractivity contribution >= 4 is 19.8 Å². The first-order chi connectivity index (χ1) is 31.4. The van der Waals surface area contributed by atoms with Crippen molar-refractivity contribution < 1.29 is 63.1 Å².